The lowest BCUT2D eigenvalue weighted by Crippen LogP contribution is -2.45. The molecule has 0 spiro atoms. The molecule has 0 amide bonds. The smallest absolute Gasteiger partial charge is 0.317 e. The van der Waals surface area contributed by atoms with E-state index in [1.54, 1.807) is 14.0 Å². The van der Waals surface area contributed by atoms with Gasteiger partial charge in [-0.2, -0.15) is 0 Å². The van der Waals surface area contributed by atoms with Crippen molar-refractivity contribution < 1.29 is 0 Å². The number of nitrogens with zero attached hydrogens (tertiary/aromatic N) is 3. The van der Waals surface area contributed by atoms with Gasteiger partial charge in [0.25, 0.3) is 5.56 Å². The molecule has 6 nitrogen and oxygen atoms in total. The van der Waals surface area contributed by atoms with Gasteiger partial charge >= 0.3 is 5.69 Å². The summed E-state index contributed by atoms with van der Waals surface area (Å²) in [7, 11) is 3.00. The normalized spacial score (nSPS) is 23.2. The third-order valence-corrected chi connectivity index (χ3v) is 2.63. The molecule has 1 aliphatic heterocycles. The highest BCUT2D eigenvalue weighted by Crippen LogP contribution is 2.28. The van der Waals surface area contributed by atoms with Crippen LogP contribution in [0.4, 0.5) is 5.82 Å². The zero-order chi connectivity index (χ0) is 11.4. The Morgan fingerprint density at radius 2 is 1.93 bits per heavy atom. The van der Waals surface area contributed by atoms with Crippen LogP contribution in [0.2, 0.25) is 0 Å². The van der Waals surface area contributed by atoms with E-state index in [2.05, 4.69) is 4.99 Å². The lowest BCUT2D eigenvalue weighted by atomic mass is 9.99. The van der Waals surface area contributed by atoms with Gasteiger partial charge < -0.3 is 5.73 Å². The molecule has 0 aliphatic carbocycles. The molecule has 1 aromatic rings. The van der Waals surface area contributed by atoms with E-state index < -0.39 is 11.2 Å². The summed E-state index contributed by atoms with van der Waals surface area (Å²) in [5, 5.41) is 0. The lowest BCUT2D eigenvalue weighted by molar-refractivity contribution is 0.628. The van der Waals surface area contributed by atoms with Gasteiger partial charge in [-0.05, 0) is 6.92 Å². The molecule has 1 atom stereocenters. The first-order chi connectivity index (χ1) is 6.86. The molecule has 0 saturated carbocycles. The zero-order valence-corrected chi connectivity index (χ0v) is 8.81. The number of hydrogen-bond acceptors (Lipinski definition) is 4. The van der Waals surface area contributed by atoms with Crippen LogP contribution in [0.1, 0.15) is 12.5 Å². The summed E-state index contributed by atoms with van der Waals surface area (Å²) < 4.78 is 2.37. The standard InChI is InChI=1S/C9H12N4O2/c1-9(10)4-11-6-5(9)7(14)13(3)8(15)12(6)2/h4H,10H2,1-3H3. The van der Waals surface area contributed by atoms with Gasteiger partial charge in [0.1, 0.15) is 5.82 Å². The number of aromatic nitrogens is 2. The third kappa shape index (κ3) is 1.11. The van der Waals surface area contributed by atoms with Crippen LogP contribution in [0.15, 0.2) is 14.6 Å². The number of aliphatic imine (C=N–C) groups is 1. The van der Waals surface area contributed by atoms with E-state index >= 15 is 0 Å². The Morgan fingerprint density at radius 3 is 2.53 bits per heavy atom. The first-order valence-electron chi connectivity index (χ1n) is 4.51. The predicted octanol–water partition coefficient (Wildman–Crippen LogP) is -1.03. The monoisotopic (exact) mass is 208 g/mol. The number of fused-ring (bicyclic) bond motifs is 1. The molecule has 0 aromatic carbocycles. The van der Waals surface area contributed by atoms with Crippen molar-refractivity contribution in [1.82, 2.24) is 9.13 Å². The molecule has 0 bridgehead atoms. The summed E-state index contributed by atoms with van der Waals surface area (Å²) in [4.78, 5) is 27.4. The van der Waals surface area contributed by atoms with Gasteiger partial charge in [0.15, 0.2) is 0 Å². The Morgan fingerprint density at radius 1 is 1.33 bits per heavy atom. The van der Waals surface area contributed by atoms with Crippen molar-refractivity contribution in [3.63, 3.8) is 0 Å². The van der Waals surface area contributed by atoms with E-state index in [0.717, 1.165) is 4.57 Å². The number of hydrogen-bond donors (Lipinski definition) is 1. The highest BCUT2D eigenvalue weighted by Gasteiger charge is 2.33. The molecule has 0 saturated heterocycles. The van der Waals surface area contributed by atoms with E-state index in [0.29, 0.717) is 11.4 Å². The molecule has 1 unspecified atom stereocenters. The van der Waals surface area contributed by atoms with Crippen molar-refractivity contribution in [2.45, 2.75) is 12.5 Å². The summed E-state index contributed by atoms with van der Waals surface area (Å²) in [6.07, 6.45) is 1.48. The minimum atomic E-state index is -0.893. The van der Waals surface area contributed by atoms with E-state index in [-0.39, 0.29) is 5.56 Å². The molecule has 0 fully saturated rings. The van der Waals surface area contributed by atoms with E-state index in [1.165, 1.54) is 17.8 Å². The van der Waals surface area contributed by atoms with Crippen LogP contribution >= 0.6 is 0 Å². The van der Waals surface area contributed by atoms with Gasteiger partial charge in [-0.1, -0.05) is 0 Å². The van der Waals surface area contributed by atoms with Crippen LogP contribution in [0.25, 0.3) is 0 Å². The summed E-state index contributed by atoms with van der Waals surface area (Å²) >= 11 is 0. The van der Waals surface area contributed by atoms with Crippen molar-refractivity contribution in [3.8, 4) is 0 Å². The molecule has 2 rings (SSSR count). The van der Waals surface area contributed by atoms with Crippen LogP contribution in [-0.4, -0.2) is 15.3 Å². The number of rotatable bonds is 0. The Hall–Kier alpha value is -1.69. The average molecular weight is 208 g/mol. The predicted molar refractivity (Wildman–Crippen MR) is 56.6 cm³/mol. The van der Waals surface area contributed by atoms with Crippen LogP contribution in [0, 0.1) is 0 Å². The van der Waals surface area contributed by atoms with Gasteiger partial charge in [0.05, 0.1) is 11.1 Å². The third-order valence-electron chi connectivity index (χ3n) is 2.63. The van der Waals surface area contributed by atoms with Crippen LogP contribution in [-0.2, 0) is 19.6 Å². The van der Waals surface area contributed by atoms with Gasteiger partial charge in [0, 0.05) is 20.3 Å². The summed E-state index contributed by atoms with van der Waals surface area (Å²) in [5.41, 5.74) is 4.60. The van der Waals surface area contributed by atoms with Crippen LogP contribution in [0.5, 0.6) is 0 Å². The molecule has 1 aliphatic rings. The number of nitrogens with two attached hydrogens (primary N) is 1. The second-order valence-electron chi connectivity index (χ2n) is 3.95. The van der Waals surface area contributed by atoms with Gasteiger partial charge in [0.2, 0.25) is 0 Å². The summed E-state index contributed by atoms with van der Waals surface area (Å²) in [6, 6.07) is 0. The Balaban J connectivity index is 3.00. The summed E-state index contributed by atoms with van der Waals surface area (Å²) in [5.74, 6) is 0.355. The van der Waals surface area contributed by atoms with Crippen molar-refractivity contribution in [1.29, 1.82) is 0 Å². The SMILES string of the molecule is Cn1c2c(c(=O)n(C)c1=O)C(C)(N)C=N2. The van der Waals surface area contributed by atoms with E-state index in [4.69, 9.17) is 5.73 Å². The molecule has 15 heavy (non-hydrogen) atoms. The molecule has 2 N–H and O–H groups in total. The molecule has 2 heterocycles. The maximum atomic E-state index is 11.8. The molecular weight excluding hydrogens is 196 g/mol. The maximum absolute atomic E-state index is 11.8. The minimum Gasteiger partial charge on any atom is -0.317 e. The van der Waals surface area contributed by atoms with E-state index in [1.807, 2.05) is 0 Å². The molecular formula is C9H12N4O2. The fraction of sp³-hybridized carbons (Fsp3) is 0.444. The largest absolute Gasteiger partial charge is 0.332 e. The molecule has 1 aromatic heterocycles. The molecule has 80 valence electrons. The first-order valence-corrected chi connectivity index (χ1v) is 4.51. The first kappa shape index (κ1) is 9.85. The fourth-order valence-electron chi connectivity index (χ4n) is 1.72. The van der Waals surface area contributed by atoms with Gasteiger partial charge in [-0.15, -0.1) is 0 Å². The zero-order valence-electron chi connectivity index (χ0n) is 8.81. The van der Waals surface area contributed by atoms with Crippen molar-refractivity contribution in [2.75, 3.05) is 0 Å². The Bertz CT molecular complexity index is 577. The second kappa shape index (κ2) is 2.66. The minimum absolute atomic E-state index is 0.355. The highest BCUT2D eigenvalue weighted by atomic mass is 16.2. The maximum Gasteiger partial charge on any atom is 0.332 e. The highest BCUT2D eigenvalue weighted by molar-refractivity contribution is 5.82. The van der Waals surface area contributed by atoms with Gasteiger partial charge in [-0.25, -0.2) is 9.79 Å². The lowest BCUT2D eigenvalue weighted by Gasteiger charge is -2.16. The Labute approximate surface area is 85.7 Å². The second-order valence-corrected chi connectivity index (χ2v) is 3.95. The van der Waals surface area contributed by atoms with Crippen LogP contribution in [0.3, 0.4) is 0 Å². The quantitative estimate of drug-likeness (QED) is 0.592. The van der Waals surface area contributed by atoms with Crippen molar-refractivity contribution >= 4 is 12.0 Å². The van der Waals surface area contributed by atoms with Gasteiger partial charge in [-0.3, -0.25) is 13.9 Å². The topological polar surface area (TPSA) is 82.4 Å². The Kier molecular flexibility index (Phi) is 1.75. The molecule has 6 heteroatoms. The average Bonchev–Trinajstić information content (AvgIpc) is 2.48. The summed E-state index contributed by atoms with van der Waals surface area (Å²) in [6.45, 7) is 1.69. The van der Waals surface area contributed by atoms with Crippen molar-refractivity contribution in [2.24, 2.45) is 24.8 Å². The van der Waals surface area contributed by atoms with Crippen molar-refractivity contribution in [3.05, 3.63) is 26.4 Å². The van der Waals surface area contributed by atoms with Crippen LogP contribution < -0.4 is 17.0 Å². The molecule has 0 radical (unpaired) electrons. The van der Waals surface area contributed by atoms with E-state index in [9.17, 15) is 9.59 Å². The fourth-order valence-corrected chi connectivity index (χ4v) is 1.72.